The number of nitrogens with one attached hydrogen (secondary N) is 2. The molecule has 0 amide bonds. The number of rotatable bonds is 4. The molecule has 1 aliphatic carbocycles. The van der Waals surface area contributed by atoms with Crippen LogP contribution in [0.15, 0.2) is 52.1 Å². The number of phenols is 1. The van der Waals surface area contributed by atoms with Gasteiger partial charge in [0.05, 0.1) is 35.6 Å². The van der Waals surface area contributed by atoms with Gasteiger partial charge in [-0.15, -0.1) is 0 Å². The fourth-order valence-corrected chi connectivity index (χ4v) is 4.87. The Hall–Kier alpha value is -3.00. The average molecular weight is 501 g/mol. The van der Waals surface area contributed by atoms with E-state index in [0.29, 0.717) is 28.8 Å². The number of carbonyl (C=O) groups excluding carboxylic acids is 2. The lowest BCUT2D eigenvalue weighted by Crippen LogP contribution is -2.39. The summed E-state index contributed by atoms with van der Waals surface area (Å²) in [6.07, 6.45) is 0.519. The van der Waals surface area contributed by atoms with Gasteiger partial charge in [-0.25, -0.2) is 0 Å². The van der Waals surface area contributed by atoms with E-state index in [9.17, 15) is 14.7 Å². The number of anilines is 2. The molecule has 1 heterocycles. The zero-order valence-corrected chi connectivity index (χ0v) is 19.7. The quantitative estimate of drug-likeness (QED) is 0.410. The van der Waals surface area contributed by atoms with Crippen LogP contribution in [0.2, 0.25) is 0 Å². The summed E-state index contributed by atoms with van der Waals surface area (Å²) < 4.78 is 11.0. The SMILES string of the molecule is CCOc1cc([C@H]2Nc3ccccc3NC3=C2C(=O)[C@@H](C(=O)OC)[C@H](C)C3)cc(Br)c1O. The van der Waals surface area contributed by atoms with Crippen LogP contribution in [0.5, 0.6) is 11.5 Å². The smallest absolute Gasteiger partial charge is 0.316 e. The average Bonchev–Trinajstić information content (AvgIpc) is 2.93. The summed E-state index contributed by atoms with van der Waals surface area (Å²) in [5, 5.41) is 17.3. The van der Waals surface area contributed by atoms with Gasteiger partial charge in [0.25, 0.3) is 0 Å². The summed E-state index contributed by atoms with van der Waals surface area (Å²) >= 11 is 3.40. The predicted octanol–water partition coefficient (Wildman–Crippen LogP) is 4.78. The molecule has 0 spiro atoms. The van der Waals surface area contributed by atoms with Crippen LogP contribution in [0.25, 0.3) is 0 Å². The number of ketones is 1. The molecule has 0 radical (unpaired) electrons. The van der Waals surface area contributed by atoms with Crippen LogP contribution in [0, 0.1) is 11.8 Å². The van der Waals surface area contributed by atoms with E-state index < -0.39 is 17.9 Å². The van der Waals surface area contributed by atoms with Gasteiger partial charge < -0.3 is 25.2 Å². The second kappa shape index (κ2) is 8.86. The Morgan fingerprint density at radius 1 is 1.25 bits per heavy atom. The Morgan fingerprint density at radius 3 is 2.66 bits per heavy atom. The summed E-state index contributed by atoms with van der Waals surface area (Å²) in [6.45, 7) is 4.09. The highest BCUT2D eigenvalue weighted by Crippen LogP contribution is 2.46. The van der Waals surface area contributed by atoms with Gasteiger partial charge in [0.1, 0.15) is 5.92 Å². The number of carbonyl (C=O) groups is 2. The Balaban J connectivity index is 1.90. The van der Waals surface area contributed by atoms with E-state index in [1.165, 1.54) is 7.11 Å². The summed E-state index contributed by atoms with van der Waals surface area (Å²) in [4.78, 5) is 26.2. The Kier molecular flexibility index (Phi) is 6.15. The highest BCUT2D eigenvalue weighted by atomic mass is 79.9. The van der Waals surface area contributed by atoms with Gasteiger partial charge in [-0.05, 0) is 65.0 Å². The number of esters is 1. The summed E-state index contributed by atoms with van der Waals surface area (Å²) in [7, 11) is 1.30. The Morgan fingerprint density at radius 2 is 1.97 bits per heavy atom. The molecule has 168 valence electrons. The van der Waals surface area contributed by atoms with Gasteiger partial charge >= 0.3 is 5.97 Å². The van der Waals surface area contributed by atoms with Gasteiger partial charge in [-0.3, -0.25) is 9.59 Å². The van der Waals surface area contributed by atoms with Crippen LogP contribution >= 0.6 is 15.9 Å². The summed E-state index contributed by atoms with van der Waals surface area (Å²) in [6, 6.07) is 10.6. The number of hydrogen-bond acceptors (Lipinski definition) is 7. The van der Waals surface area contributed by atoms with Crippen LogP contribution < -0.4 is 15.4 Å². The highest BCUT2D eigenvalue weighted by Gasteiger charge is 2.44. The number of para-hydroxylation sites is 2. The van der Waals surface area contributed by atoms with Gasteiger partial charge in [0, 0.05) is 11.3 Å². The molecule has 2 aromatic carbocycles. The van der Waals surface area contributed by atoms with E-state index in [4.69, 9.17) is 9.47 Å². The van der Waals surface area contributed by atoms with Crippen LogP contribution in [-0.2, 0) is 14.3 Å². The number of Topliss-reactive ketones (excluding diaryl/α,β-unsaturated/α-hetero) is 1. The van der Waals surface area contributed by atoms with Gasteiger partial charge in [0.15, 0.2) is 17.3 Å². The molecule has 2 aromatic rings. The number of benzene rings is 2. The van der Waals surface area contributed by atoms with Crippen molar-refractivity contribution < 1.29 is 24.2 Å². The molecule has 4 rings (SSSR count). The lowest BCUT2D eigenvalue weighted by molar-refractivity contribution is -0.151. The Labute approximate surface area is 194 Å². The van der Waals surface area contributed by atoms with Crippen molar-refractivity contribution in [3.8, 4) is 11.5 Å². The minimum absolute atomic E-state index is 0.00650. The van der Waals surface area contributed by atoms with Crippen LogP contribution in [0.4, 0.5) is 11.4 Å². The molecule has 3 N–H and O–H groups in total. The van der Waals surface area contributed by atoms with Crippen molar-refractivity contribution in [2.75, 3.05) is 24.4 Å². The molecular formula is C24H25BrN2O5. The maximum atomic E-state index is 13.7. The maximum Gasteiger partial charge on any atom is 0.316 e. The third-order valence-corrected chi connectivity index (χ3v) is 6.51. The molecule has 0 fully saturated rings. The molecule has 0 unspecified atom stereocenters. The molecule has 32 heavy (non-hydrogen) atoms. The van der Waals surface area contributed by atoms with Crippen LogP contribution in [0.3, 0.4) is 0 Å². The molecule has 8 heteroatoms. The number of phenolic OH excluding ortho intramolecular Hbond substituents is 1. The molecule has 2 aliphatic rings. The minimum Gasteiger partial charge on any atom is -0.503 e. The van der Waals surface area contributed by atoms with Crippen LogP contribution in [-0.4, -0.2) is 30.6 Å². The number of allylic oxidation sites excluding steroid dienone is 1. The largest absolute Gasteiger partial charge is 0.503 e. The molecule has 1 aliphatic heterocycles. The molecule has 0 saturated carbocycles. The van der Waals surface area contributed by atoms with Crippen molar-refractivity contribution >= 4 is 39.1 Å². The van der Waals surface area contributed by atoms with E-state index >= 15 is 0 Å². The molecular weight excluding hydrogens is 476 g/mol. The molecule has 0 bridgehead atoms. The fourth-order valence-electron chi connectivity index (χ4n) is 4.41. The third kappa shape index (κ3) is 3.83. The number of halogens is 1. The van der Waals surface area contributed by atoms with Gasteiger partial charge in [0.2, 0.25) is 0 Å². The number of aromatic hydroxyl groups is 1. The van der Waals surface area contributed by atoms with E-state index in [1.807, 2.05) is 38.1 Å². The van der Waals surface area contributed by atoms with E-state index in [-0.39, 0.29) is 17.5 Å². The zero-order chi connectivity index (χ0) is 23.0. The normalized spacial score (nSPS) is 22.1. The van der Waals surface area contributed by atoms with Gasteiger partial charge in [-0.2, -0.15) is 0 Å². The lowest BCUT2D eigenvalue weighted by atomic mass is 9.75. The van der Waals surface area contributed by atoms with Crippen molar-refractivity contribution in [1.29, 1.82) is 0 Å². The second-order valence-electron chi connectivity index (χ2n) is 7.97. The summed E-state index contributed by atoms with van der Waals surface area (Å²) in [5.74, 6) is -1.59. The molecule has 0 aromatic heterocycles. The van der Waals surface area contributed by atoms with E-state index in [0.717, 1.165) is 22.6 Å². The first kappa shape index (κ1) is 22.2. The Bertz CT molecular complexity index is 1110. The first-order valence-corrected chi connectivity index (χ1v) is 11.3. The standard InChI is InChI=1S/C24H25BrN2O5/c1-4-32-18-11-13(10-14(25)22(18)28)21-20-17(26-15-7-5-6-8-16(15)27-21)9-12(2)19(23(20)29)24(30)31-3/h5-8,10-12,19,21,26-28H,4,9H2,1-3H3/t12-,19+,21-/m1/s1. The third-order valence-electron chi connectivity index (χ3n) is 5.91. The number of fused-ring (bicyclic) bond motifs is 1. The minimum atomic E-state index is -0.877. The van der Waals surface area contributed by atoms with Crippen molar-refractivity contribution in [3.63, 3.8) is 0 Å². The number of methoxy groups -OCH3 is 1. The fraction of sp³-hybridized carbons (Fsp3) is 0.333. The van der Waals surface area contributed by atoms with E-state index in [1.54, 1.807) is 12.1 Å². The highest BCUT2D eigenvalue weighted by molar-refractivity contribution is 9.10. The van der Waals surface area contributed by atoms with Crippen molar-refractivity contribution in [1.82, 2.24) is 0 Å². The molecule has 0 saturated heterocycles. The predicted molar refractivity (Wildman–Crippen MR) is 125 cm³/mol. The van der Waals surface area contributed by atoms with Crippen LogP contribution in [0.1, 0.15) is 31.9 Å². The second-order valence-corrected chi connectivity index (χ2v) is 8.82. The van der Waals surface area contributed by atoms with Gasteiger partial charge in [-0.1, -0.05) is 19.1 Å². The maximum absolute atomic E-state index is 13.7. The lowest BCUT2D eigenvalue weighted by Gasteiger charge is -2.32. The van der Waals surface area contributed by atoms with Crippen molar-refractivity contribution in [2.45, 2.75) is 26.3 Å². The topological polar surface area (TPSA) is 96.9 Å². The first-order chi connectivity index (χ1) is 15.3. The monoisotopic (exact) mass is 500 g/mol. The summed E-state index contributed by atoms with van der Waals surface area (Å²) in [5.41, 5.74) is 3.64. The number of hydrogen-bond donors (Lipinski definition) is 3. The van der Waals surface area contributed by atoms with Crippen molar-refractivity contribution in [2.24, 2.45) is 11.8 Å². The first-order valence-electron chi connectivity index (χ1n) is 10.5. The number of ether oxygens (including phenoxy) is 2. The zero-order valence-electron chi connectivity index (χ0n) is 18.1. The molecule has 3 atom stereocenters. The van der Waals surface area contributed by atoms with E-state index in [2.05, 4.69) is 26.6 Å². The van der Waals surface area contributed by atoms with Crippen molar-refractivity contribution in [3.05, 3.63) is 57.7 Å². The molecule has 7 nitrogen and oxygen atoms in total.